The summed E-state index contributed by atoms with van der Waals surface area (Å²) in [6.07, 6.45) is 1.27. The molecule has 0 amide bonds. The molecule has 0 aromatic rings. The average molecular weight is 124 g/mol. The topological polar surface area (TPSA) is 24.1 Å². The molecule has 0 unspecified atom stereocenters. The lowest BCUT2D eigenvalue weighted by atomic mass is 10.1. The first kappa shape index (κ1) is 5.45. The summed E-state index contributed by atoms with van der Waals surface area (Å²) in [5.41, 5.74) is 3.27. The van der Waals surface area contributed by atoms with Gasteiger partial charge in [-0.25, -0.2) is 0 Å². The van der Waals surface area contributed by atoms with Crippen molar-refractivity contribution in [2.45, 2.75) is 6.42 Å². The largest absolute Gasteiger partial charge is 0.313 e. The van der Waals surface area contributed by atoms with E-state index in [-0.39, 0.29) is 0 Å². The van der Waals surface area contributed by atoms with E-state index in [1.54, 1.807) is 11.1 Å². The zero-order valence-corrected chi connectivity index (χ0v) is 5.54. The third-order valence-electron chi connectivity index (χ3n) is 2.12. The highest BCUT2D eigenvalue weighted by atomic mass is 14.9. The maximum Gasteiger partial charge on any atom is 0.0183 e. The quantitative estimate of drug-likeness (QED) is 0.440. The standard InChI is InChI=1S/C7H12N2/c1-2-8-4-7-5-9-3-6(1)7/h8-9H,1-5H2. The molecule has 0 aromatic carbocycles. The number of rotatable bonds is 0. The third-order valence-corrected chi connectivity index (χ3v) is 2.12. The van der Waals surface area contributed by atoms with Crippen molar-refractivity contribution in [2.24, 2.45) is 0 Å². The summed E-state index contributed by atoms with van der Waals surface area (Å²) in [4.78, 5) is 0. The Kier molecular flexibility index (Phi) is 1.28. The van der Waals surface area contributed by atoms with Gasteiger partial charge in [-0.3, -0.25) is 0 Å². The zero-order chi connectivity index (χ0) is 6.10. The highest BCUT2D eigenvalue weighted by Gasteiger charge is 2.15. The lowest BCUT2D eigenvalue weighted by Gasteiger charge is -2.13. The van der Waals surface area contributed by atoms with E-state index in [9.17, 15) is 0 Å². The molecule has 2 heteroatoms. The Balaban J connectivity index is 2.17. The smallest absolute Gasteiger partial charge is 0.0183 e. The first-order valence-electron chi connectivity index (χ1n) is 3.58. The van der Waals surface area contributed by atoms with Crippen LogP contribution in [0.5, 0.6) is 0 Å². The van der Waals surface area contributed by atoms with Crippen molar-refractivity contribution in [2.75, 3.05) is 26.2 Å². The molecule has 0 saturated carbocycles. The Labute approximate surface area is 55.3 Å². The Hall–Kier alpha value is -0.340. The van der Waals surface area contributed by atoms with Crippen LogP contribution in [0.2, 0.25) is 0 Å². The van der Waals surface area contributed by atoms with E-state index < -0.39 is 0 Å². The van der Waals surface area contributed by atoms with Crippen molar-refractivity contribution < 1.29 is 0 Å². The van der Waals surface area contributed by atoms with Crippen LogP contribution in [0.15, 0.2) is 11.1 Å². The van der Waals surface area contributed by atoms with Gasteiger partial charge in [-0.05, 0) is 18.5 Å². The summed E-state index contributed by atoms with van der Waals surface area (Å²) in [5.74, 6) is 0. The summed E-state index contributed by atoms with van der Waals surface area (Å²) < 4.78 is 0. The van der Waals surface area contributed by atoms with E-state index in [0.717, 1.165) is 19.6 Å². The molecule has 0 spiro atoms. The van der Waals surface area contributed by atoms with Crippen LogP contribution in [0, 0.1) is 0 Å². The second-order valence-corrected chi connectivity index (χ2v) is 2.74. The molecule has 2 aliphatic heterocycles. The molecule has 2 heterocycles. The predicted octanol–water partition coefficient (Wildman–Crippen LogP) is -0.121. The summed E-state index contributed by atoms with van der Waals surface area (Å²) >= 11 is 0. The van der Waals surface area contributed by atoms with Gasteiger partial charge in [0.25, 0.3) is 0 Å². The number of nitrogens with one attached hydrogen (secondary N) is 2. The van der Waals surface area contributed by atoms with Gasteiger partial charge in [0.1, 0.15) is 0 Å². The van der Waals surface area contributed by atoms with Gasteiger partial charge in [-0.1, -0.05) is 5.57 Å². The molecule has 2 aliphatic rings. The molecule has 50 valence electrons. The Morgan fingerprint density at radius 1 is 0.889 bits per heavy atom. The molecule has 2 rings (SSSR count). The van der Waals surface area contributed by atoms with Crippen LogP contribution >= 0.6 is 0 Å². The fourth-order valence-corrected chi connectivity index (χ4v) is 1.55. The molecular weight excluding hydrogens is 112 g/mol. The van der Waals surface area contributed by atoms with Crippen LogP contribution in [0.1, 0.15) is 6.42 Å². The molecular formula is C7H12N2. The van der Waals surface area contributed by atoms with Gasteiger partial charge in [0.2, 0.25) is 0 Å². The van der Waals surface area contributed by atoms with Gasteiger partial charge >= 0.3 is 0 Å². The van der Waals surface area contributed by atoms with Crippen molar-refractivity contribution in [3.05, 3.63) is 11.1 Å². The minimum atomic E-state index is 1.13. The second kappa shape index (κ2) is 2.12. The summed E-state index contributed by atoms with van der Waals surface area (Å²) in [6, 6.07) is 0. The van der Waals surface area contributed by atoms with Crippen molar-refractivity contribution in [1.82, 2.24) is 10.6 Å². The molecule has 0 bridgehead atoms. The van der Waals surface area contributed by atoms with E-state index in [4.69, 9.17) is 0 Å². The van der Waals surface area contributed by atoms with Crippen molar-refractivity contribution in [3.8, 4) is 0 Å². The van der Waals surface area contributed by atoms with Gasteiger partial charge in [-0.15, -0.1) is 0 Å². The van der Waals surface area contributed by atoms with E-state index in [1.165, 1.54) is 13.0 Å². The molecule has 0 aromatic heterocycles. The molecule has 2 N–H and O–H groups in total. The van der Waals surface area contributed by atoms with Crippen molar-refractivity contribution >= 4 is 0 Å². The Morgan fingerprint density at radius 3 is 2.56 bits per heavy atom. The Bertz CT molecular complexity index is 133. The number of hydrogen-bond acceptors (Lipinski definition) is 2. The maximum atomic E-state index is 3.36. The van der Waals surface area contributed by atoms with Gasteiger partial charge in [0.15, 0.2) is 0 Å². The molecule has 9 heavy (non-hydrogen) atoms. The van der Waals surface area contributed by atoms with E-state index >= 15 is 0 Å². The molecule has 0 atom stereocenters. The van der Waals surface area contributed by atoms with Crippen LogP contribution < -0.4 is 10.6 Å². The average Bonchev–Trinajstić information content (AvgIpc) is 2.33. The summed E-state index contributed by atoms with van der Waals surface area (Å²) in [6.45, 7) is 4.59. The van der Waals surface area contributed by atoms with Crippen molar-refractivity contribution in [1.29, 1.82) is 0 Å². The molecule has 2 nitrogen and oxygen atoms in total. The minimum absolute atomic E-state index is 1.13. The number of hydrogen-bond donors (Lipinski definition) is 2. The lowest BCUT2D eigenvalue weighted by Crippen LogP contribution is -2.24. The normalized spacial score (nSPS) is 26.7. The van der Waals surface area contributed by atoms with E-state index in [1.807, 2.05) is 0 Å². The predicted molar refractivity (Wildman–Crippen MR) is 37.4 cm³/mol. The molecule has 0 aliphatic carbocycles. The van der Waals surface area contributed by atoms with Crippen LogP contribution in [0.3, 0.4) is 0 Å². The van der Waals surface area contributed by atoms with Crippen LogP contribution in [-0.2, 0) is 0 Å². The van der Waals surface area contributed by atoms with E-state index in [2.05, 4.69) is 10.6 Å². The van der Waals surface area contributed by atoms with Crippen molar-refractivity contribution in [3.63, 3.8) is 0 Å². The zero-order valence-electron chi connectivity index (χ0n) is 5.54. The first-order chi connectivity index (χ1) is 4.47. The van der Waals surface area contributed by atoms with Gasteiger partial charge < -0.3 is 10.6 Å². The van der Waals surface area contributed by atoms with Crippen LogP contribution in [0.4, 0.5) is 0 Å². The SMILES string of the molecule is C1CC2=C(CN1)CNC2. The lowest BCUT2D eigenvalue weighted by molar-refractivity contribution is 0.684. The summed E-state index contributed by atoms with van der Waals surface area (Å²) in [5, 5.41) is 6.71. The molecule has 0 fully saturated rings. The fourth-order valence-electron chi connectivity index (χ4n) is 1.55. The summed E-state index contributed by atoms with van der Waals surface area (Å²) in [7, 11) is 0. The highest BCUT2D eigenvalue weighted by molar-refractivity contribution is 5.25. The minimum Gasteiger partial charge on any atom is -0.313 e. The van der Waals surface area contributed by atoms with Crippen LogP contribution in [0.25, 0.3) is 0 Å². The maximum absolute atomic E-state index is 3.36. The van der Waals surface area contributed by atoms with Gasteiger partial charge in [0, 0.05) is 19.6 Å². The van der Waals surface area contributed by atoms with Crippen LogP contribution in [-0.4, -0.2) is 26.2 Å². The second-order valence-electron chi connectivity index (χ2n) is 2.74. The Morgan fingerprint density at radius 2 is 1.67 bits per heavy atom. The molecule has 0 saturated heterocycles. The first-order valence-corrected chi connectivity index (χ1v) is 3.58. The van der Waals surface area contributed by atoms with E-state index in [0.29, 0.717) is 0 Å². The van der Waals surface area contributed by atoms with Gasteiger partial charge in [-0.2, -0.15) is 0 Å². The highest BCUT2D eigenvalue weighted by Crippen LogP contribution is 2.14. The molecule has 0 radical (unpaired) electrons. The fraction of sp³-hybridized carbons (Fsp3) is 0.714. The van der Waals surface area contributed by atoms with Gasteiger partial charge in [0.05, 0.1) is 0 Å². The monoisotopic (exact) mass is 124 g/mol. The third kappa shape index (κ3) is 0.884.